The predicted octanol–water partition coefficient (Wildman–Crippen LogP) is 1.10. The number of nitrogens with one attached hydrogen (secondary N) is 2. The second kappa shape index (κ2) is 7.61. The molecule has 1 unspecified atom stereocenters. The molecule has 20 heavy (non-hydrogen) atoms. The molecule has 2 N–H and O–H groups in total. The first kappa shape index (κ1) is 15.3. The van der Waals surface area contributed by atoms with Crippen LogP contribution in [0.2, 0.25) is 0 Å². The minimum atomic E-state index is -0.0275. The molecule has 0 aliphatic carbocycles. The molecule has 0 bridgehead atoms. The minimum Gasteiger partial charge on any atom is -0.488 e. The third-order valence-electron chi connectivity index (χ3n) is 3.05. The molecule has 1 aromatic rings. The van der Waals surface area contributed by atoms with Crippen molar-refractivity contribution in [3.63, 3.8) is 0 Å². The van der Waals surface area contributed by atoms with E-state index in [1.165, 1.54) is 5.56 Å². The van der Waals surface area contributed by atoms with Crippen LogP contribution in [0.5, 0.6) is 5.75 Å². The van der Waals surface area contributed by atoms with E-state index in [0.717, 1.165) is 16.6 Å². The van der Waals surface area contributed by atoms with Crippen molar-refractivity contribution in [3.05, 3.63) is 28.2 Å². The minimum absolute atomic E-state index is 0.0275. The van der Waals surface area contributed by atoms with Crippen molar-refractivity contribution in [3.8, 4) is 5.75 Å². The Kier molecular flexibility index (Phi) is 5.82. The average molecular weight is 343 g/mol. The van der Waals surface area contributed by atoms with Crippen LogP contribution >= 0.6 is 15.9 Å². The van der Waals surface area contributed by atoms with Gasteiger partial charge in [-0.1, -0.05) is 15.9 Å². The van der Waals surface area contributed by atoms with Crippen LogP contribution in [0.1, 0.15) is 5.56 Å². The lowest BCUT2D eigenvalue weighted by molar-refractivity contribution is -0.120. The summed E-state index contributed by atoms with van der Waals surface area (Å²) in [5.41, 5.74) is 1.20. The summed E-state index contributed by atoms with van der Waals surface area (Å²) in [5.74, 6) is 0.907. The van der Waals surface area contributed by atoms with Gasteiger partial charge < -0.3 is 20.1 Å². The fraction of sp³-hybridized carbons (Fsp3) is 0.500. The lowest BCUT2D eigenvalue weighted by Gasteiger charge is -2.11. The Morgan fingerprint density at radius 1 is 1.55 bits per heavy atom. The third kappa shape index (κ3) is 4.47. The van der Waals surface area contributed by atoms with Crippen molar-refractivity contribution >= 4 is 21.8 Å². The van der Waals surface area contributed by atoms with Crippen LogP contribution < -0.4 is 15.4 Å². The summed E-state index contributed by atoms with van der Waals surface area (Å²) in [5, 5.41) is 5.87. The molecule has 110 valence electrons. The van der Waals surface area contributed by atoms with E-state index >= 15 is 0 Å². The van der Waals surface area contributed by atoms with Crippen molar-refractivity contribution in [2.45, 2.75) is 12.5 Å². The Morgan fingerprint density at radius 2 is 2.40 bits per heavy atom. The summed E-state index contributed by atoms with van der Waals surface area (Å²) in [6.45, 7) is 2.02. The number of methoxy groups -OCH3 is 1. The van der Waals surface area contributed by atoms with E-state index in [2.05, 4.69) is 32.6 Å². The molecular weight excluding hydrogens is 324 g/mol. The lowest BCUT2D eigenvalue weighted by Crippen LogP contribution is -2.39. The molecule has 5 nitrogen and oxygen atoms in total. The summed E-state index contributed by atoms with van der Waals surface area (Å²) in [6.07, 6.45) is 0.957. The fourth-order valence-electron chi connectivity index (χ4n) is 2.10. The molecular formula is C14H19BrN2O3. The van der Waals surface area contributed by atoms with Crippen LogP contribution in [0.15, 0.2) is 22.7 Å². The van der Waals surface area contributed by atoms with Gasteiger partial charge in [-0.15, -0.1) is 0 Å². The van der Waals surface area contributed by atoms with E-state index in [1.807, 2.05) is 12.1 Å². The summed E-state index contributed by atoms with van der Waals surface area (Å²) in [7, 11) is 1.61. The molecule has 1 aromatic carbocycles. The molecule has 1 atom stereocenters. The van der Waals surface area contributed by atoms with Crippen molar-refractivity contribution in [1.29, 1.82) is 0 Å². The summed E-state index contributed by atoms with van der Waals surface area (Å²) >= 11 is 3.45. The number of hydrogen-bond acceptors (Lipinski definition) is 4. The number of ether oxygens (including phenoxy) is 2. The lowest BCUT2D eigenvalue weighted by atomic mass is 10.1. The number of carbonyl (C=O) groups is 1. The van der Waals surface area contributed by atoms with Crippen molar-refractivity contribution in [1.82, 2.24) is 10.6 Å². The molecule has 1 amide bonds. The number of hydrogen-bond donors (Lipinski definition) is 2. The predicted molar refractivity (Wildman–Crippen MR) is 80.0 cm³/mol. The Hall–Kier alpha value is -1.11. The Morgan fingerprint density at radius 3 is 3.20 bits per heavy atom. The van der Waals surface area contributed by atoms with Gasteiger partial charge in [0.1, 0.15) is 11.9 Å². The monoisotopic (exact) mass is 342 g/mol. The smallest absolute Gasteiger partial charge is 0.234 e. The highest BCUT2D eigenvalue weighted by Crippen LogP contribution is 2.30. The molecule has 0 saturated heterocycles. The quantitative estimate of drug-likeness (QED) is 0.728. The molecule has 2 rings (SSSR count). The summed E-state index contributed by atoms with van der Waals surface area (Å²) in [6, 6.07) is 6.02. The Balaban J connectivity index is 1.66. The molecule has 0 fully saturated rings. The molecule has 6 heteroatoms. The number of rotatable bonds is 7. The van der Waals surface area contributed by atoms with Crippen LogP contribution in [-0.2, 0) is 16.0 Å². The zero-order valence-electron chi connectivity index (χ0n) is 11.4. The number of amides is 1. The summed E-state index contributed by atoms with van der Waals surface area (Å²) < 4.78 is 11.7. The van der Waals surface area contributed by atoms with Gasteiger partial charge >= 0.3 is 0 Å². The fourth-order valence-corrected chi connectivity index (χ4v) is 2.51. The first-order chi connectivity index (χ1) is 9.69. The largest absolute Gasteiger partial charge is 0.488 e. The highest BCUT2D eigenvalue weighted by Gasteiger charge is 2.22. The number of benzene rings is 1. The molecule has 1 aliphatic heterocycles. The van der Waals surface area contributed by atoms with Gasteiger partial charge in [0, 0.05) is 31.1 Å². The SMILES string of the molecule is COCCNC(=O)CNCC1Cc2cc(Br)ccc2O1. The van der Waals surface area contributed by atoms with E-state index in [0.29, 0.717) is 26.2 Å². The van der Waals surface area contributed by atoms with E-state index in [9.17, 15) is 4.79 Å². The first-order valence-corrected chi connectivity index (χ1v) is 7.40. The number of halogens is 1. The third-order valence-corrected chi connectivity index (χ3v) is 3.54. The molecule has 1 heterocycles. The zero-order chi connectivity index (χ0) is 14.4. The van der Waals surface area contributed by atoms with Crippen LogP contribution in [0, 0.1) is 0 Å². The average Bonchev–Trinajstić information content (AvgIpc) is 2.81. The van der Waals surface area contributed by atoms with Gasteiger partial charge in [0.2, 0.25) is 5.91 Å². The molecule has 0 saturated carbocycles. The van der Waals surface area contributed by atoms with Gasteiger partial charge in [0.05, 0.1) is 13.2 Å². The zero-order valence-corrected chi connectivity index (χ0v) is 13.0. The second-order valence-corrected chi connectivity index (χ2v) is 5.59. The van der Waals surface area contributed by atoms with Gasteiger partial charge in [-0.05, 0) is 23.8 Å². The second-order valence-electron chi connectivity index (χ2n) is 4.67. The van der Waals surface area contributed by atoms with Crippen molar-refractivity contribution < 1.29 is 14.3 Å². The van der Waals surface area contributed by atoms with E-state index in [-0.39, 0.29) is 12.0 Å². The molecule has 1 aliphatic rings. The van der Waals surface area contributed by atoms with Crippen LogP contribution in [-0.4, -0.2) is 45.4 Å². The van der Waals surface area contributed by atoms with Gasteiger partial charge in [0.25, 0.3) is 0 Å². The molecule has 0 aromatic heterocycles. The maximum atomic E-state index is 11.5. The Bertz CT molecular complexity index is 468. The van der Waals surface area contributed by atoms with E-state index in [1.54, 1.807) is 7.11 Å². The number of fused-ring (bicyclic) bond motifs is 1. The maximum absolute atomic E-state index is 11.5. The van der Waals surface area contributed by atoms with Gasteiger partial charge in [-0.2, -0.15) is 0 Å². The standard InChI is InChI=1S/C14H19BrN2O3/c1-19-5-4-17-14(18)9-16-8-12-7-10-6-11(15)2-3-13(10)20-12/h2-3,6,12,16H,4-5,7-9H2,1H3,(H,17,18). The molecule has 0 spiro atoms. The maximum Gasteiger partial charge on any atom is 0.234 e. The van der Waals surface area contributed by atoms with Crippen molar-refractivity contribution in [2.75, 3.05) is 33.4 Å². The van der Waals surface area contributed by atoms with Gasteiger partial charge in [-0.25, -0.2) is 0 Å². The normalized spacial score (nSPS) is 16.6. The van der Waals surface area contributed by atoms with Gasteiger partial charge in [-0.3, -0.25) is 4.79 Å². The van der Waals surface area contributed by atoms with Crippen LogP contribution in [0.4, 0.5) is 0 Å². The van der Waals surface area contributed by atoms with E-state index < -0.39 is 0 Å². The van der Waals surface area contributed by atoms with Crippen LogP contribution in [0.25, 0.3) is 0 Å². The topological polar surface area (TPSA) is 59.6 Å². The van der Waals surface area contributed by atoms with Gasteiger partial charge in [0.15, 0.2) is 0 Å². The highest BCUT2D eigenvalue weighted by molar-refractivity contribution is 9.10. The number of carbonyl (C=O) groups excluding carboxylic acids is 1. The van der Waals surface area contributed by atoms with Crippen molar-refractivity contribution in [2.24, 2.45) is 0 Å². The highest BCUT2D eigenvalue weighted by atomic mass is 79.9. The molecule has 0 radical (unpaired) electrons. The van der Waals surface area contributed by atoms with Crippen LogP contribution in [0.3, 0.4) is 0 Å². The van der Waals surface area contributed by atoms with E-state index in [4.69, 9.17) is 9.47 Å². The first-order valence-electron chi connectivity index (χ1n) is 6.60. The Labute approximate surface area is 127 Å². The summed E-state index contributed by atoms with van der Waals surface area (Å²) in [4.78, 5) is 11.5.